The number of thiazole rings is 1. The van der Waals surface area contributed by atoms with Crippen molar-refractivity contribution in [1.82, 2.24) is 19.2 Å². The molecule has 10 heteroatoms. The van der Waals surface area contributed by atoms with Crippen molar-refractivity contribution in [3.63, 3.8) is 0 Å². The molecule has 33 heavy (non-hydrogen) atoms. The van der Waals surface area contributed by atoms with E-state index in [0.717, 1.165) is 11.1 Å². The third-order valence-corrected chi connectivity index (χ3v) is 8.56. The summed E-state index contributed by atoms with van der Waals surface area (Å²) in [5, 5.41) is 0.620. The molecule has 3 heterocycles. The molecule has 1 aromatic carbocycles. The highest BCUT2D eigenvalue weighted by atomic mass is 32.2. The summed E-state index contributed by atoms with van der Waals surface area (Å²) < 4.78 is 36.0. The fourth-order valence-corrected chi connectivity index (χ4v) is 6.12. The summed E-state index contributed by atoms with van der Waals surface area (Å²) >= 11 is 1.29. The van der Waals surface area contributed by atoms with Crippen molar-refractivity contribution in [3.05, 3.63) is 57.7 Å². The quantitative estimate of drug-likeness (QED) is 0.576. The average molecular weight is 489 g/mol. The molecule has 1 aliphatic heterocycles. The first-order valence-electron chi connectivity index (χ1n) is 10.7. The maximum atomic E-state index is 13.1. The number of hydrogen-bond acceptors (Lipinski definition) is 6. The van der Waals surface area contributed by atoms with Crippen LogP contribution in [0.3, 0.4) is 0 Å². The lowest BCUT2D eigenvalue weighted by Gasteiger charge is -2.26. The number of sulfonamides is 1. The second-order valence-electron chi connectivity index (χ2n) is 8.19. The van der Waals surface area contributed by atoms with Crippen LogP contribution in [0.25, 0.3) is 10.7 Å². The molecular weight excluding hydrogens is 460 g/mol. The average Bonchev–Trinajstić information content (AvgIpc) is 3.33. The number of carbonyl (C=O) groups is 1. The van der Waals surface area contributed by atoms with E-state index in [1.807, 2.05) is 49.7 Å². The van der Waals surface area contributed by atoms with Crippen LogP contribution in [0.4, 0.5) is 0 Å². The van der Waals surface area contributed by atoms with Crippen LogP contribution in [0.5, 0.6) is 0 Å². The van der Waals surface area contributed by atoms with Crippen molar-refractivity contribution in [2.45, 2.75) is 32.2 Å². The molecule has 0 bridgehead atoms. The minimum Gasteiger partial charge on any atom is -0.378 e. The molecule has 0 aliphatic carbocycles. The molecule has 0 atom stereocenters. The molecule has 8 nitrogen and oxygen atoms in total. The number of carbonyl (C=O) groups excluding carboxylic acids is 1. The molecule has 1 fully saturated rings. The van der Waals surface area contributed by atoms with Gasteiger partial charge in [0.05, 0.1) is 24.6 Å². The Morgan fingerprint density at radius 1 is 1.15 bits per heavy atom. The fraction of sp³-hybridized carbons (Fsp3) is 0.391. The van der Waals surface area contributed by atoms with Crippen LogP contribution in [0.1, 0.15) is 32.2 Å². The minimum absolute atomic E-state index is 0.0573. The Labute approximate surface area is 198 Å². The Hall–Kier alpha value is -2.53. The van der Waals surface area contributed by atoms with E-state index in [1.165, 1.54) is 11.3 Å². The van der Waals surface area contributed by atoms with Gasteiger partial charge in [0.15, 0.2) is 0 Å². The summed E-state index contributed by atoms with van der Waals surface area (Å²) in [4.78, 5) is 20.1. The fourth-order valence-electron chi connectivity index (χ4n) is 3.73. The highest BCUT2D eigenvalue weighted by Crippen LogP contribution is 2.33. The van der Waals surface area contributed by atoms with Gasteiger partial charge in [0.1, 0.15) is 14.8 Å². The maximum Gasteiger partial charge on any atom is 0.266 e. The van der Waals surface area contributed by atoms with Crippen molar-refractivity contribution in [1.29, 1.82) is 0 Å². The number of hydrogen-bond donors (Lipinski definition) is 1. The normalized spacial score (nSPS) is 14.6. The van der Waals surface area contributed by atoms with Gasteiger partial charge >= 0.3 is 0 Å². The summed E-state index contributed by atoms with van der Waals surface area (Å²) in [5.74, 6) is -0.0573. The number of aromatic nitrogens is 2. The smallest absolute Gasteiger partial charge is 0.266 e. The Bertz CT molecular complexity index is 1270. The molecule has 0 saturated carbocycles. The number of rotatable bonds is 6. The largest absolute Gasteiger partial charge is 0.378 e. The van der Waals surface area contributed by atoms with Crippen LogP contribution in [0.15, 0.2) is 35.2 Å². The van der Waals surface area contributed by atoms with E-state index in [1.54, 1.807) is 17.9 Å². The van der Waals surface area contributed by atoms with Crippen LogP contribution in [-0.2, 0) is 28.4 Å². The van der Waals surface area contributed by atoms with Crippen LogP contribution in [-0.4, -0.2) is 55.1 Å². The lowest BCUT2D eigenvalue weighted by atomic mass is 10.2. The second-order valence-corrected chi connectivity index (χ2v) is 10.9. The Balaban J connectivity index is 1.59. The van der Waals surface area contributed by atoms with Gasteiger partial charge in [-0.15, -0.1) is 11.3 Å². The molecular formula is C23H28N4O4S2. The highest BCUT2D eigenvalue weighted by Gasteiger charge is 2.27. The van der Waals surface area contributed by atoms with Crippen molar-refractivity contribution in [2.24, 2.45) is 7.05 Å². The van der Waals surface area contributed by atoms with E-state index in [-0.39, 0.29) is 17.3 Å². The zero-order valence-electron chi connectivity index (χ0n) is 19.2. The van der Waals surface area contributed by atoms with Gasteiger partial charge in [0.25, 0.3) is 5.91 Å². The molecule has 1 N–H and O–H groups in total. The first kappa shape index (κ1) is 23.6. The van der Waals surface area contributed by atoms with E-state index < -0.39 is 10.0 Å². The molecule has 1 saturated heterocycles. The monoisotopic (exact) mass is 488 g/mol. The predicted molar refractivity (Wildman–Crippen MR) is 128 cm³/mol. The summed E-state index contributed by atoms with van der Waals surface area (Å²) in [6.45, 7) is 7.96. The first-order chi connectivity index (χ1) is 15.7. The van der Waals surface area contributed by atoms with Gasteiger partial charge in [-0.2, -0.15) is 0 Å². The maximum absolute atomic E-state index is 13.1. The SMILES string of the molecule is Cc1ccc(CNS(=O)(=O)c2cc(-c3nc(C)c(C(=O)N4CCOCC4)s3)n(C)c2C)cc1. The summed E-state index contributed by atoms with van der Waals surface area (Å²) in [5.41, 5.74) is 3.93. The number of morpholine rings is 1. The van der Waals surface area contributed by atoms with Crippen molar-refractivity contribution >= 4 is 27.3 Å². The van der Waals surface area contributed by atoms with E-state index in [2.05, 4.69) is 9.71 Å². The highest BCUT2D eigenvalue weighted by molar-refractivity contribution is 7.89. The number of benzene rings is 1. The summed E-state index contributed by atoms with van der Waals surface area (Å²) in [6.07, 6.45) is 0. The van der Waals surface area contributed by atoms with E-state index in [0.29, 0.717) is 53.3 Å². The number of nitrogens with zero attached hydrogens (tertiary/aromatic N) is 3. The van der Waals surface area contributed by atoms with Crippen molar-refractivity contribution in [2.75, 3.05) is 26.3 Å². The van der Waals surface area contributed by atoms with Crippen LogP contribution in [0.2, 0.25) is 0 Å². The molecule has 0 unspecified atom stereocenters. The summed E-state index contributed by atoms with van der Waals surface area (Å²) in [6, 6.07) is 9.36. The van der Waals surface area contributed by atoms with E-state index >= 15 is 0 Å². The van der Waals surface area contributed by atoms with Gasteiger partial charge in [-0.3, -0.25) is 4.79 Å². The molecule has 0 spiro atoms. The Kier molecular flexibility index (Phi) is 6.71. The standard InChI is InChI=1S/C23H28N4O4S2/c1-15-5-7-18(8-6-15)14-24-33(29,30)20-13-19(26(4)17(20)3)22-25-16(2)21(32-22)23(28)27-9-11-31-12-10-27/h5-8,13,24H,9-12,14H2,1-4H3. The second kappa shape index (κ2) is 9.38. The van der Waals surface area contributed by atoms with E-state index in [9.17, 15) is 13.2 Å². The minimum atomic E-state index is -3.73. The van der Waals surface area contributed by atoms with Gasteiger partial charge in [0, 0.05) is 32.4 Å². The van der Waals surface area contributed by atoms with Gasteiger partial charge in [-0.1, -0.05) is 29.8 Å². The van der Waals surface area contributed by atoms with Crippen LogP contribution >= 0.6 is 11.3 Å². The lowest BCUT2D eigenvalue weighted by Crippen LogP contribution is -2.40. The molecule has 2 aromatic heterocycles. The Morgan fingerprint density at radius 3 is 2.48 bits per heavy atom. The van der Waals surface area contributed by atoms with Gasteiger partial charge in [0.2, 0.25) is 10.0 Å². The zero-order valence-corrected chi connectivity index (χ0v) is 20.8. The van der Waals surface area contributed by atoms with Crippen molar-refractivity contribution < 1.29 is 17.9 Å². The molecule has 1 amide bonds. The third-order valence-electron chi connectivity index (χ3n) is 5.87. The number of aryl methyl sites for hydroxylation is 2. The van der Waals surface area contributed by atoms with Crippen molar-refractivity contribution in [3.8, 4) is 10.7 Å². The number of ether oxygens (including phenoxy) is 1. The lowest BCUT2D eigenvalue weighted by molar-refractivity contribution is 0.0305. The number of nitrogens with one attached hydrogen (secondary N) is 1. The van der Waals surface area contributed by atoms with Gasteiger partial charge in [-0.25, -0.2) is 18.1 Å². The third kappa shape index (κ3) is 4.89. The molecule has 3 aromatic rings. The summed E-state index contributed by atoms with van der Waals surface area (Å²) in [7, 11) is -1.92. The molecule has 0 radical (unpaired) electrons. The molecule has 1 aliphatic rings. The first-order valence-corrected chi connectivity index (χ1v) is 13.0. The molecule has 4 rings (SSSR count). The van der Waals surface area contributed by atoms with Crippen LogP contribution < -0.4 is 4.72 Å². The van der Waals surface area contributed by atoms with Gasteiger partial charge < -0.3 is 14.2 Å². The van der Waals surface area contributed by atoms with Gasteiger partial charge in [-0.05, 0) is 32.4 Å². The van der Waals surface area contributed by atoms with E-state index in [4.69, 9.17) is 4.74 Å². The zero-order chi connectivity index (χ0) is 23.8. The topological polar surface area (TPSA) is 93.5 Å². The molecule has 176 valence electrons. The van der Waals surface area contributed by atoms with Crippen LogP contribution in [0, 0.1) is 20.8 Å². The number of amides is 1. The Morgan fingerprint density at radius 2 is 1.82 bits per heavy atom. The predicted octanol–water partition coefficient (Wildman–Crippen LogP) is 3.02.